The van der Waals surface area contributed by atoms with E-state index in [4.69, 9.17) is 0 Å². The van der Waals surface area contributed by atoms with E-state index in [-0.39, 0.29) is 6.42 Å². The van der Waals surface area contributed by atoms with Crippen LogP contribution in [0.15, 0.2) is 36.4 Å². The van der Waals surface area contributed by atoms with E-state index < -0.39 is 28.8 Å². The lowest BCUT2D eigenvalue weighted by molar-refractivity contribution is 0.0984. The highest BCUT2D eigenvalue weighted by Gasteiger charge is 2.19. The average molecular weight is 264 g/mol. The van der Waals surface area contributed by atoms with Gasteiger partial charge in [0.1, 0.15) is 17.5 Å². The summed E-state index contributed by atoms with van der Waals surface area (Å²) in [6, 6.07) is 8.09. The van der Waals surface area contributed by atoms with Crippen LogP contribution in [0, 0.1) is 24.4 Å². The maximum absolute atomic E-state index is 13.4. The third-order valence-corrected chi connectivity index (χ3v) is 2.73. The molecule has 2 rings (SSSR count). The Morgan fingerprint density at radius 1 is 1.05 bits per heavy atom. The molecular weight excluding hydrogens is 253 g/mol. The zero-order valence-corrected chi connectivity index (χ0v) is 10.2. The largest absolute Gasteiger partial charge is 0.294 e. The number of hydrogen-bond donors (Lipinski definition) is 0. The van der Waals surface area contributed by atoms with Crippen LogP contribution >= 0.6 is 0 Å². The second-order valence-corrected chi connectivity index (χ2v) is 4.33. The number of rotatable bonds is 3. The second-order valence-electron chi connectivity index (χ2n) is 4.33. The van der Waals surface area contributed by atoms with E-state index in [1.165, 1.54) is 0 Å². The van der Waals surface area contributed by atoms with E-state index >= 15 is 0 Å². The molecular formula is C15H11F3O. The molecule has 98 valence electrons. The molecule has 0 fully saturated rings. The van der Waals surface area contributed by atoms with Gasteiger partial charge in [0.05, 0.1) is 5.56 Å². The predicted molar refractivity (Wildman–Crippen MR) is 65.5 cm³/mol. The van der Waals surface area contributed by atoms with Crippen molar-refractivity contribution in [3.63, 3.8) is 0 Å². The quantitative estimate of drug-likeness (QED) is 0.770. The van der Waals surface area contributed by atoms with Crippen LogP contribution in [-0.2, 0) is 6.42 Å². The van der Waals surface area contributed by atoms with E-state index in [0.29, 0.717) is 17.7 Å². The van der Waals surface area contributed by atoms with Crippen LogP contribution < -0.4 is 0 Å². The van der Waals surface area contributed by atoms with Gasteiger partial charge in [-0.2, -0.15) is 0 Å². The maximum atomic E-state index is 13.4. The lowest BCUT2D eigenvalue weighted by atomic mass is 10.0. The maximum Gasteiger partial charge on any atom is 0.173 e. The number of Topliss-reactive ketones (excluding diaryl/α,β-unsaturated/α-hetero) is 1. The van der Waals surface area contributed by atoms with Crippen LogP contribution in [0.3, 0.4) is 0 Å². The summed E-state index contributed by atoms with van der Waals surface area (Å²) >= 11 is 0. The lowest BCUT2D eigenvalue weighted by Gasteiger charge is -2.05. The molecule has 0 radical (unpaired) electrons. The molecule has 0 aliphatic carbocycles. The number of aryl methyl sites for hydroxylation is 1. The molecule has 0 aliphatic heterocycles. The smallest absolute Gasteiger partial charge is 0.173 e. The lowest BCUT2D eigenvalue weighted by Crippen LogP contribution is -2.09. The van der Waals surface area contributed by atoms with E-state index in [1.807, 2.05) is 13.0 Å². The Morgan fingerprint density at radius 3 is 2.26 bits per heavy atom. The number of halogens is 3. The molecule has 0 N–H and O–H groups in total. The zero-order chi connectivity index (χ0) is 14.0. The van der Waals surface area contributed by atoms with Crippen molar-refractivity contribution in [1.82, 2.24) is 0 Å². The summed E-state index contributed by atoms with van der Waals surface area (Å²) < 4.78 is 39.6. The molecule has 0 heterocycles. The van der Waals surface area contributed by atoms with Crippen LogP contribution in [0.25, 0.3) is 0 Å². The number of carbonyl (C=O) groups excluding carboxylic acids is 1. The van der Waals surface area contributed by atoms with Gasteiger partial charge in [-0.1, -0.05) is 29.8 Å². The molecule has 0 saturated heterocycles. The summed E-state index contributed by atoms with van der Waals surface area (Å²) in [6.07, 6.45) is -0.124. The molecule has 0 amide bonds. The van der Waals surface area contributed by atoms with Gasteiger partial charge < -0.3 is 0 Å². The van der Waals surface area contributed by atoms with Gasteiger partial charge in [-0.05, 0) is 12.5 Å². The third kappa shape index (κ3) is 3.02. The summed E-state index contributed by atoms with van der Waals surface area (Å²) in [6.45, 7) is 1.85. The van der Waals surface area contributed by atoms with Crippen LogP contribution in [-0.4, -0.2) is 5.78 Å². The molecule has 0 spiro atoms. The van der Waals surface area contributed by atoms with Crippen molar-refractivity contribution in [1.29, 1.82) is 0 Å². The minimum Gasteiger partial charge on any atom is -0.294 e. The van der Waals surface area contributed by atoms with Gasteiger partial charge in [-0.15, -0.1) is 0 Å². The first kappa shape index (κ1) is 13.3. The first-order valence-electron chi connectivity index (χ1n) is 5.70. The first-order valence-corrected chi connectivity index (χ1v) is 5.70. The van der Waals surface area contributed by atoms with Crippen molar-refractivity contribution in [3.05, 3.63) is 70.5 Å². The predicted octanol–water partition coefficient (Wildman–Crippen LogP) is 3.84. The van der Waals surface area contributed by atoms with Crippen LogP contribution in [0.4, 0.5) is 13.2 Å². The molecule has 0 bridgehead atoms. The molecule has 2 aromatic carbocycles. The van der Waals surface area contributed by atoms with Gasteiger partial charge in [-0.25, -0.2) is 13.2 Å². The third-order valence-electron chi connectivity index (χ3n) is 2.73. The molecule has 0 saturated carbocycles. The summed E-state index contributed by atoms with van der Waals surface area (Å²) in [5.41, 5.74) is 0.918. The highest BCUT2D eigenvalue weighted by Crippen LogP contribution is 2.17. The van der Waals surface area contributed by atoms with Gasteiger partial charge >= 0.3 is 0 Å². The van der Waals surface area contributed by atoms with Crippen LogP contribution in [0.5, 0.6) is 0 Å². The SMILES string of the molecule is Cc1cccc(CC(=O)c2c(F)cc(F)cc2F)c1. The molecule has 0 aliphatic rings. The molecule has 1 nitrogen and oxygen atoms in total. The van der Waals surface area contributed by atoms with Crippen molar-refractivity contribution in [2.45, 2.75) is 13.3 Å². The van der Waals surface area contributed by atoms with Gasteiger partial charge in [-0.3, -0.25) is 4.79 Å². The molecule has 4 heteroatoms. The monoisotopic (exact) mass is 264 g/mol. The van der Waals surface area contributed by atoms with Crippen molar-refractivity contribution in [2.24, 2.45) is 0 Å². The Kier molecular flexibility index (Phi) is 3.69. The highest BCUT2D eigenvalue weighted by atomic mass is 19.1. The van der Waals surface area contributed by atoms with E-state index in [2.05, 4.69) is 0 Å². The van der Waals surface area contributed by atoms with Crippen LogP contribution in [0.2, 0.25) is 0 Å². The Bertz CT molecular complexity index is 612. The fourth-order valence-electron chi connectivity index (χ4n) is 1.90. The van der Waals surface area contributed by atoms with Crippen molar-refractivity contribution in [2.75, 3.05) is 0 Å². The van der Waals surface area contributed by atoms with E-state index in [1.54, 1.807) is 18.2 Å². The minimum atomic E-state index is -1.17. The van der Waals surface area contributed by atoms with Crippen molar-refractivity contribution < 1.29 is 18.0 Å². The fraction of sp³-hybridized carbons (Fsp3) is 0.133. The first-order chi connectivity index (χ1) is 8.97. The average Bonchev–Trinajstić information content (AvgIpc) is 2.27. The van der Waals surface area contributed by atoms with Gasteiger partial charge in [0.25, 0.3) is 0 Å². The van der Waals surface area contributed by atoms with E-state index in [9.17, 15) is 18.0 Å². The Hall–Kier alpha value is -2.10. The highest BCUT2D eigenvalue weighted by molar-refractivity contribution is 5.98. The van der Waals surface area contributed by atoms with Gasteiger partial charge in [0, 0.05) is 18.6 Å². The number of ketones is 1. The van der Waals surface area contributed by atoms with Gasteiger partial charge in [0.2, 0.25) is 0 Å². The van der Waals surface area contributed by atoms with Crippen LogP contribution in [0.1, 0.15) is 21.5 Å². The van der Waals surface area contributed by atoms with E-state index in [0.717, 1.165) is 5.56 Å². The number of benzene rings is 2. The Morgan fingerprint density at radius 2 is 1.68 bits per heavy atom. The number of hydrogen-bond acceptors (Lipinski definition) is 1. The Balaban J connectivity index is 2.31. The van der Waals surface area contributed by atoms with Crippen molar-refractivity contribution in [3.8, 4) is 0 Å². The molecule has 2 aromatic rings. The standard InChI is InChI=1S/C15H11F3O/c1-9-3-2-4-10(5-9)6-14(19)15-12(17)7-11(16)8-13(15)18/h2-5,7-8H,6H2,1H3. The summed E-state index contributed by atoms with van der Waals surface area (Å²) in [5, 5.41) is 0. The summed E-state index contributed by atoms with van der Waals surface area (Å²) in [7, 11) is 0. The fourth-order valence-corrected chi connectivity index (χ4v) is 1.90. The molecule has 0 atom stereocenters. The number of carbonyl (C=O) groups is 1. The topological polar surface area (TPSA) is 17.1 Å². The second kappa shape index (κ2) is 5.26. The van der Waals surface area contributed by atoms with Gasteiger partial charge in [0.15, 0.2) is 5.78 Å². The molecule has 0 unspecified atom stereocenters. The summed E-state index contributed by atoms with van der Waals surface area (Å²) in [5.74, 6) is -4.09. The Labute approximate surface area is 108 Å². The molecule has 0 aromatic heterocycles. The molecule has 19 heavy (non-hydrogen) atoms. The zero-order valence-electron chi connectivity index (χ0n) is 10.2. The normalized spacial score (nSPS) is 10.5. The summed E-state index contributed by atoms with van der Waals surface area (Å²) in [4.78, 5) is 11.9. The van der Waals surface area contributed by atoms with Crippen molar-refractivity contribution >= 4 is 5.78 Å². The minimum absolute atomic E-state index is 0.124.